The number of aromatic amines is 1. The van der Waals surface area contributed by atoms with E-state index in [0.717, 1.165) is 50.0 Å². The van der Waals surface area contributed by atoms with Gasteiger partial charge in [0.15, 0.2) is 0 Å². The number of piperidine rings is 1. The standard InChI is InChI=1S/C24H29N5O2/c1-18-2-3-23(22(14-18)24(30)26-11-6-20-15-27-28-16-20)31-21-7-12-29(13-8-21)17-19-4-9-25-10-5-19/h2-5,9-10,14-16,21H,6-8,11-13,17H2,1H3,(H,26,30)(H,27,28). The molecule has 1 aliphatic heterocycles. The van der Waals surface area contributed by atoms with E-state index in [9.17, 15) is 4.79 Å². The van der Waals surface area contributed by atoms with Crippen LogP contribution >= 0.6 is 0 Å². The number of aromatic nitrogens is 3. The number of ether oxygens (including phenoxy) is 1. The Hall–Kier alpha value is -3.19. The summed E-state index contributed by atoms with van der Waals surface area (Å²) in [5.41, 5.74) is 3.99. The lowest BCUT2D eigenvalue weighted by Gasteiger charge is -2.32. The molecule has 1 aliphatic rings. The van der Waals surface area contributed by atoms with E-state index < -0.39 is 0 Å². The van der Waals surface area contributed by atoms with Gasteiger partial charge in [0.05, 0.1) is 11.8 Å². The van der Waals surface area contributed by atoms with E-state index >= 15 is 0 Å². The summed E-state index contributed by atoms with van der Waals surface area (Å²) >= 11 is 0. The Morgan fingerprint density at radius 1 is 1.19 bits per heavy atom. The fourth-order valence-electron chi connectivity index (χ4n) is 3.87. The van der Waals surface area contributed by atoms with Crippen molar-refractivity contribution in [1.82, 2.24) is 25.4 Å². The molecule has 0 aliphatic carbocycles. The van der Waals surface area contributed by atoms with Crippen molar-refractivity contribution >= 4 is 5.91 Å². The number of hydrogen-bond acceptors (Lipinski definition) is 5. The Kier molecular flexibility index (Phi) is 6.94. The van der Waals surface area contributed by atoms with Crippen LogP contribution in [0.5, 0.6) is 5.75 Å². The molecule has 31 heavy (non-hydrogen) atoms. The van der Waals surface area contributed by atoms with Crippen molar-refractivity contribution in [2.45, 2.75) is 38.8 Å². The van der Waals surface area contributed by atoms with E-state index in [-0.39, 0.29) is 12.0 Å². The van der Waals surface area contributed by atoms with E-state index in [1.165, 1.54) is 5.56 Å². The molecule has 1 aromatic carbocycles. The average Bonchev–Trinajstić information content (AvgIpc) is 3.30. The highest BCUT2D eigenvalue weighted by Crippen LogP contribution is 2.25. The lowest BCUT2D eigenvalue weighted by Crippen LogP contribution is -2.38. The number of likely N-dealkylation sites (tertiary alicyclic amines) is 1. The van der Waals surface area contributed by atoms with Gasteiger partial charge < -0.3 is 10.1 Å². The number of benzene rings is 1. The van der Waals surface area contributed by atoms with Crippen molar-refractivity contribution in [2.24, 2.45) is 0 Å². The van der Waals surface area contributed by atoms with Crippen LogP contribution in [-0.4, -0.2) is 51.7 Å². The Labute approximate surface area is 182 Å². The van der Waals surface area contributed by atoms with Crippen LogP contribution in [0.1, 0.15) is 39.9 Å². The monoisotopic (exact) mass is 419 g/mol. The molecule has 4 rings (SSSR count). The van der Waals surface area contributed by atoms with Gasteiger partial charge in [-0.05, 0) is 61.6 Å². The highest BCUT2D eigenvalue weighted by molar-refractivity contribution is 5.97. The minimum Gasteiger partial charge on any atom is -0.489 e. The first kappa shape index (κ1) is 21.1. The Bertz CT molecular complexity index is 967. The molecular formula is C24H29N5O2. The van der Waals surface area contributed by atoms with Crippen LogP contribution in [0.4, 0.5) is 0 Å². The first-order valence-electron chi connectivity index (χ1n) is 10.8. The summed E-state index contributed by atoms with van der Waals surface area (Å²) in [5, 5.41) is 9.73. The van der Waals surface area contributed by atoms with Crippen molar-refractivity contribution in [3.63, 3.8) is 0 Å². The van der Waals surface area contributed by atoms with Crippen molar-refractivity contribution in [2.75, 3.05) is 19.6 Å². The topological polar surface area (TPSA) is 83.1 Å². The predicted octanol–water partition coefficient (Wildman–Crippen LogP) is 3.13. The molecule has 1 fully saturated rings. The van der Waals surface area contributed by atoms with Gasteiger partial charge >= 0.3 is 0 Å². The molecule has 3 heterocycles. The molecule has 3 aromatic rings. The van der Waals surface area contributed by atoms with Gasteiger partial charge in [-0.15, -0.1) is 0 Å². The molecule has 2 N–H and O–H groups in total. The predicted molar refractivity (Wildman–Crippen MR) is 119 cm³/mol. The number of aryl methyl sites for hydroxylation is 1. The lowest BCUT2D eigenvalue weighted by atomic mass is 10.1. The summed E-state index contributed by atoms with van der Waals surface area (Å²) in [4.78, 5) is 19.3. The van der Waals surface area contributed by atoms with Gasteiger partial charge in [-0.2, -0.15) is 5.10 Å². The summed E-state index contributed by atoms with van der Waals surface area (Å²) in [6.07, 6.45) is 10.0. The maximum atomic E-state index is 12.8. The molecule has 0 bridgehead atoms. The minimum atomic E-state index is -0.0997. The van der Waals surface area contributed by atoms with E-state index in [0.29, 0.717) is 17.9 Å². The molecule has 0 radical (unpaired) electrons. The van der Waals surface area contributed by atoms with Crippen molar-refractivity contribution in [3.05, 3.63) is 77.4 Å². The molecule has 0 atom stereocenters. The molecule has 1 saturated heterocycles. The van der Waals surface area contributed by atoms with E-state index in [1.54, 1.807) is 6.20 Å². The van der Waals surface area contributed by atoms with Crippen LogP contribution in [0, 0.1) is 6.92 Å². The van der Waals surface area contributed by atoms with Gasteiger partial charge in [0.25, 0.3) is 5.91 Å². The normalized spacial score (nSPS) is 15.0. The number of pyridine rings is 1. The minimum absolute atomic E-state index is 0.0997. The van der Waals surface area contributed by atoms with Gasteiger partial charge in [-0.3, -0.25) is 19.8 Å². The SMILES string of the molecule is Cc1ccc(OC2CCN(Cc3ccncc3)CC2)c(C(=O)NCCc2cn[nH]c2)c1. The molecule has 0 saturated carbocycles. The Morgan fingerprint density at radius 2 is 2.00 bits per heavy atom. The summed E-state index contributed by atoms with van der Waals surface area (Å²) < 4.78 is 6.30. The first-order chi connectivity index (χ1) is 15.2. The third kappa shape index (κ3) is 5.92. The van der Waals surface area contributed by atoms with Gasteiger partial charge in [-0.25, -0.2) is 0 Å². The molecule has 0 unspecified atom stereocenters. The van der Waals surface area contributed by atoms with Crippen LogP contribution in [0.2, 0.25) is 0 Å². The maximum absolute atomic E-state index is 12.8. The second kappa shape index (κ2) is 10.2. The van der Waals surface area contributed by atoms with Gasteiger partial charge in [0.1, 0.15) is 11.9 Å². The third-order valence-electron chi connectivity index (χ3n) is 5.62. The van der Waals surface area contributed by atoms with Gasteiger partial charge in [0, 0.05) is 44.8 Å². The smallest absolute Gasteiger partial charge is 0.255 e. The second-order valence-electron chi connectivity index (χ2n) is 8.06. The van der Waals surface area contributed by atoms with Crippen LogP contribution in [-0.2, 0) is 13.0 Å². The number of nitrogens with one attached hydrogen (secondary N) is 2. The molecule has 162 valence electrons. The number of carbonyl (C=O) groups excluding carboxylic acids is 1. The Morgan fingerprint density at radius 3 is 2.74 bits per heavy atom. The molecule has 7 nitrogen and oxygen atoms in total. The van der Waals surface area contributed by atoms with Crippen molar-refractivity contribution < 1.29 is 9.53 Å². The van der Waals surface area contributed by atoms with E-state index in [1.807, 2.05) is 43.7 Å². The lowest BCUT2D eigenvalue weighted by molar-refractivity contribution is 0.0892. The summed E-state index contributed by atoms with van der Waals surface area (Å²) in [6, 6.07) is 9.94. The number of rotatable bonds is 8. The van der Waals surface area contributed by atoms with Crippen LogP contribution in [0.25, 0.3) is 0 Å². The first-order valence-corrected chi connectivity index (χ1v) is 10.8. The summed E-state index contributed by atoms with van der Waals surface area (Å²) in [7, 11) is 0. The largest absolute Gasteiger partial charge is 0.489 e. The van der Waals surface area contributed by atoms with Gasteiger partial charge in [0.2, 0.25) is 0 Å². The quantitative estimate of drug-likeness (QED) is 0.586. The van der Waals surface area contributed by atoms with Gasteiger partial charge in [-0.1, -0.05) is 11.6 Å². The van der Waals surface area contributed by atoms with E-state index in [4.69, 9.17) is 4.74 Å². The number of carbonyl (C=O) groups is 1. The zero-order valence-corrected chi connectivity index (χ0v) is 17.9. The zero-order valence-electron chi connectivity index (χ0n) is 17.9. The summed E-state index contributed by atoms with van der Waals surface area (Å²) in [6.45, 7) is 5.43. The number of amides is 1. The van der Waals surface area contributed by atoms with Crippen molar-refractivity contribution in [3.8, 4) is 5.75 Å². The van der Waals surface area contributed by atoms with Crippen LogP contribution in [0.3, 0.4) is 0 Å². The molecule has 7 heteroatoms. The molecular weight excluding hydrogens is 390 g/mol. The van der Waals surface area contributed by atoms with E-state index in [2.05, 4.69) is 37.5 Å². The molecule has 0 spiro atoms. The fraction of sp³-hybridized carbons (Fsp3) is 0.375. The fourth-order valence-corrected chi connectivity index (χ4v) is 3.87. The zero-order chi connectivity index (χ0) is 21.5. The number of hydrogen-bond donors (Lipinski definition) is 2. The number of nitrogens with zero attached hydrogens (tertiary/aromatic N) is 3. The third-order valence-corrected chi connectivity index (χ3v) is 5.62. The second-order valence-corrected chi connectivity index (χ2v) is 8.06. The molecule has 2 aromatic heterocycles. The highest BCUT2D eigenvalue weighted by Gasteiger charge is 2.23. The maximum Gasteiger partial charge on any atom is 0.255 e. The summed E-state index contributed by atoms with van der Waals surface area (Å²) in [5.74, 6) is 0.566. The van der Waals surface area contributed by atoms with Crippen LogP contribution in [0.15, 0.2) is 55.1 Å². The molecule has 1 amide bonds. The highest BCUT2D eigenvalue weighted by atomic mass is 16.5. The van der Waals surface area contributed by atoms with Crippen molar-refractivity contribution in [1.29, 1.82) is 0 Å². The van der Waals surface area contributed by atoms with Crippen LogP contribution < -0.4 is 10.1 Å². The Balaban J connectivity index is 1.31. The average molecular weight is 420 g/mol. The number of H-pyrrole nitrogens is 1.